The fourth-order valence-corrected chi connectivity index (χ4v) is 2.12. The topological polar surface area (TPSA) is 70.5 Å². The minimum absolute atomic E-state index is 0.0806. The number of carbonyl (C=O) groups is 2. The van der Waals surface area contributed by atoms with Gasteiger partial charge in [0.1, 0.15) is 5.69 Å². The molecule has 1 aliphatic rings. The Labute approximate surface area is 112 Å². The zero-order chi connectivity index (χ0) is 14.2. The first-order valence-electron chi connectivity index (χ1n) is 6.32. The lowest BCUT2D eigenvalue weighted by Crippen LogP contribution is -2.40. The first-order chi connectivity index (χ1) is 8.85. The van der Waals surface area contributed by atoms with Crippen LogP contribution in [-0.4, -0.2) is 40.0 Å². The number of pyridine rings is 1. The molecular weight excluding hydrogens is 244 g/mol. The van der Waals surface area contributed by atoms with Crippen molar-refractivity contribution in [2.75, 3.05) is 7.05 Å². The number of nitrogens with zero attached hydrogens (tertiary/aromatic N) is 2. The Bertz CT molecular complexity index is 523. The molecule has 5 heteroatoms. The Morgan fingerprint density at radius 1 is 1.47 bits per heavy atom. The average molecular weight is 262 g/mol. The summed E-state index contributed by atoms with van der Waals surface area (Å²) in [5.74, 6) is -1.29. The van der Waals surface area contributed by atoms with Crippen molar-refractivity contribution in [3.63, 3.8) is 0 Å². The van der Waals surface area contributed by atoms with Gasteiger partial charge in [0.05, 0.1) is 5.56 Å². The number of aromatic nitrogens is 1. The Morgan fingerprint density at radius 2 is 2.11 bits per heavy atom. The number of rotatable bonds is 4. The van der Waals surface area contributed by atoms with Crippen molar-refractivity contribution in [2.24, 2.45) is 5.41 Å². The molecule has 1 fully saturated rings. The van der Waals surface area contributed by atoms with Crippen LogP contribution in [0, 0.1) is 5.41 Å². The molecule has 1 N–H and O–H groups in total. The Balaban J connectivity index is 2.19. The highest BCUT2D eigenvalue weighted by Gasteiger charge is 2.45. The van der Waals surface area contributed by atoms with Gasteiger partial charge in [-0.2, -0.15) is 0 Å². The molecule has 1 aromatic rings. The number of hydrogen-bond donors (Lipinski definition) is 1. The van der Waals surface area contributed by atoms with Crippen molar-refractivity contribution in [1.82, 2.24) is 9.88 Å². The van der Waals surface area contributed by atoms with E-state index in [0.29, 0.717) is 0 Å². The van der Waals surface area contributed by atoms with Crippen molar-refractivity contribution in [3.05, 3.63) is 29.6 Å². The van der Waals surface area contributed by atoms with E-state index in [4.69, 9.17) is 5.11 Å². The van der Waals surface area contributed by atoms with Gasteiger partial charge in [-0.1, -0.05) is 6.92 Å². The molecule has 1 saturated carbocycles. The Hall–Kier alpha value is -1.91. The van der Waals surface area contributed by atoms with Crippen LogP contribution in [0.3, 0.4) is 0 Å². The Morgan fingerprint density at radius 3 is 2.63 bits per heavy atom. The van der Waals surface area contributed by atoms with E-state index < -0.39 is 5.97 Å². The molecule has 1 aliphatic carbocycles. The monoisotopic (exact) mass is 262 g/mol. The van der Waals surface area contributed by atoms with Gasteiger partial charge in [0.15, 0.2) is 0 Å². The van der Waals surface area contributed by atoms with Gasteiger partial charge in [-0.05, 0) is 37.3 Å². The van der Waals surface area contributed by atoms with E-state index in [1.54, 1.807) is 11.9 Å². The minimum Gasteiger partial charge on any atom is -0.478 e. The molecule has 0 aromatic carbocycles. The lowest BCUT2D eigenvalue weighted by Gasteiger charge is -2.29. The van der Waals surface area contributed by atoms with Crippen molar-refractivity contribution >= 4 is 11.9 Å². The van der Waals surface area contributed by atoms with Gasteiger partial charge >= 0.3 is 5.97 Å². The van der Waals surface area contributed by atoms with Gasteiger partial charge in [0.25, 0.3) is 5.91 Å². The van der Waals surface area contributed by atoms with Crippen LogP contribution in [0.2, 0.25) is 0 Å². The summed E-state index contributed by atoms with van der Waals surface area (Å²) in [7, 11) is 1.74. The number of carboxylic acids is 1. The summed E-state index contributed by atoms with van der Waals surface area (Å²) < 4.78 is 0. The largest absolute Gasteiger partial charge is 0.478 e. The summed E-state index contributed by atoms with van der Waals surface area (Å²) in [6.07, 6.45) is 3.59. The summed E-state index contributed by atoms with van der Waals surface area (Å²) in [5, 5.41) is 8.93. The SMILES string of the molecule is CC(N(C)C(=O)c1cc(C(=O)O)ccn1)C1(C)CC1. The third-order valence-electron chi connectivity index (χ3n) is 4.17. The molecule has 19 heavy (non-hydrogen) atoms. The molecule has 0 bridgehead atoms. The molecule has 1 atom stereocenters. The number of carbonyl (C=O) groups excluding carboxylic acids is 1. The van der Waals surface area contributed by atoms with Crippen LogP contribution in [0.15, 0.2) is 18.3 Å². The van der Waals surface area contributed by atoms with Gasteiger partial charge in [0, 0.05) is 19.3 Å². The number of hydrogen-bond acceptors (Lipinski definition) is 3. The molecule has 0 aliphatic heterocycles. The maximum Gasteiger partial charge on any atom is 0.335 e. The Kier molecular flexibility index (Phi) is 3.30. The molecule has 1 aromatic heterocycles. The third-order valence-corrected chi connectivity index (χ3v) is 4.17. The van der Waals surface area contributed by atoms with Gasteiger partial charge in [-0.25, -0.2) is 4.79 Å². The lowest BCUT2D eigenvalue weighted by molar-refractivity contribution is 0.0678. The smallest absolute Gasteiger partial charge is 0.335 e. The summed E-state index contributed by atoms with van der Waals surface area (Å²) >= 11 is 0. The van der Waals surface area contributed by atoms with E-state index in [9.17, 15) is 9.59 Å². The van der Waals surface area contributed by atoms with E-state index in [1.807, 2.05) is 6.92 Å². The van der Waals surface area contributed by atoms with Crippen LogP contribution in [0.25, 0.3) is 0 Å². The van der Waals surface area contributed by atoms with E-state index in [-0.39, 0.29) is 28.6 Å². The highest BCUT2D eigenvalue weighted by atomic mass is 16.4. The van der Waals surface area contributed by atoms with Crippen molar-refractivity contribution in [2.45, 2.75) is 32.7 Å². The van der Waals surface area contributed by atoms with E-state index in [1.165, 1.54) is 18.3 Å². The van der Waals surface area contributed by atoms with E-state index in [0.717, 1.165) is 12.8 Å². The van der Waals surface area contributed by atoms with Crippen LogP contribution in [0.1, 0.15) is 47.5 Å². The summed E-state index contributed by atoms with van der Waals surface area (Å²) in [5.41, 5.74) is 0.449. The first kappa shape index (κ1) is 13.5. The number of carboxylic acid groups (broad SMARTS) is 1. The van der Waals surface area contributed by atoms with Gasteiger partial charge in [-0.3, -0.25) is 9.78 Å². The quantitative estimate of drug-likeness (QED) is 0.901. The molecule has 0 spiro atoms. The van der Waals surface area contributed by atoms with Crippen LogP contribution in [0.4, 0.5) is 0 Å². The predicted octanol–water partition coefficient (Wildman–Crippen LogP) is 2.04. The highest BCUT2D eigenvalue weighted by molar-refractivity contribution is 5.95. The van der Waals surface area contributed by atoms with Crippen LogP contribution in [0.5, 0.6) is 0 Å². The fraction of sp³-hybridized carbons (Fsp3) is 0.500. The van der Waals surface area contributed by atoms with E-state index in [2.05, 4.69) is 11.9 Å². The van der Waals surface area contributed by atoms with Crippen LogP contribution < -0.4 is 0 Å². The summed E-state index contributed by atoms with van der Waals surface area (Å²) in [6, 6.07) is 2.82. The highest BCUT2D eigenvalue weighted by Crippen LogP contribution is 2.49. The fourth-order valence-electron chi connectivity index (χ4n) is 2.12. The molecule has 0 radical (unpaired) electrons. The second-order valence-electron chi connectivity index (χ2n) is 5.48. The maximum atomic E-state index is 12.3. The van der Waals surface area contributed by atoms with Gasteiger partial charge < -0.3 is 10.0 Å². The first-order valence-corrected chi connectivity index (χ1v) is 6.32. The van der Waals surface area contributed by atoms with Gasteiger partial charge in [-0.15, -0.1) is 0 Å². The van der Waals surface area contributed by atoms with Gasteiger partial charge in [0.2, 0.25) is 0 Å². The maximum absolute atomic E-state index is 12.3. The molecule has 0 saturated heterocycles. The molecule has 1 unspecified atom stereocenters. The zero-order valence-corrected chi connectivity index (χ0v) is 11.4. The van der Waals surface area contributed by atoms with Crippen LogP contribution >= 0.6 is 0 Å². The number of amides is 1. The second kappa shape index (κ2) is 4.64. The normalized spacial score (nSPS) is 17.6. The predicted molar refractivity (Wildman–Crippen MR) is 70.1 cm³/mol. The molecule has 1 amide bonds. The molecule has 1 heterocycles. The third kappa shape index (κ3) is 2.59. The van der Waals surface area contributed by atoms with Crippen molar-refractivity contribution in [3.8, 4) is 0 Å². The molecular formula is C14H18N2O3. The van der Waals surface area contributed by atoms with Crippen molar-refractivity contribution < 1.29 is 14.7 Å². The zero-order valence-electron chi connectivity index (χ0n) is 11.4. The molecule has 5 nitrogen and oxygen atoms in total. The summed E-state index contributed by atoms with van der Waals surface area (Å²) in [4.78, 5) is 28.8. The second-order valence-corrected chi connectivity index (χ2v) is 5.48. The summed E-state index contributed by atoms with van der Waals surface area (Å²) in [6.45, 7) is 4.18. The van der Waals surface area contributed by atoms with Crippen molar-refractivity contribution in [1.29, 1.82) is 0 Å². The molecule has 102 valence electrons. The average Bonchev–Trinajstić information content (AvgIpc) is 3.15. The van der Waals surface area contributed by atoms with E-state index >= 15 is 0 Å². The number of aromatic carboxylic acids is 1. The molecule has 2 rings (SSSR count). The lowest BCUT2D eigenvalue weighted by atomic mass is 9.99. The minimum atomic E-state index is -1.05. The van der Waals surface area contributed by atoms with Crippen LogP contribution in [-0.2, 0) is 0 Å². The standard InChI is InChI=1S/C14H18N2O3/c1-9(14(2)5-6-14)16(3)12(17)11-8-10(13(18)19)4-7-15-11/h4,7-9H,5-6H2,1-3H3,(H,18,19).